The van der Waals surface area contributed by atoms with Gasteiger partial charge in [0, 0.05) is 12.4 Å². The monoisotopic (exact) mass is 318 g/mol. The predicted molar refractivity (Wildman–Crippen MR) is 86.1 cm³/mol. The van der Waals surface area contributed by atoms with Crippen LogP contribution in [0.2, 0.25) is 0 Å². The zero-order valence-electron chi connectivity index (χ0n) is 12.7. The van der Waals surface area contributed by atoms with Crippen molar-refractivity contribution in [2.45, 2.75) is 31.2 Å². The molecule has 1 atom stereocenters. The van der Waals surface area contributed by atoms with Crippen molar-refractivity contribution >= 4 is 23.7 Å². The van der Waals surface area contributed by atoms with Gasteiger partial charge in [-0.25, -0.2) is 9.78 Å². The molecule has 7 heteroatoms. The van der Waals surface area contributed by atoms with Gasteiger partial charge in [0.2, 0.25) is 5.91 Å². The number of benzene rings is 1. The van der Waals surface area contributed by atoms with Crippen LogP contribution >= 0.6 is 11.8 Å². The molecule has 1 aromatic heterocycles. The molecule has 2 aromatic rings. The van der Waals surface area contributed by atoms with Gasteiger partial charge in [-0.2, -0.15) is 0 Å². The summed E-state index contributed by atoms with van der Waals surface area (Å²) in [7, 11) is 0. The van der Waals surface area contributed by atoms with Gasteiger partial charge < -0.3 is 5.73 Å². The number of aryl methyl sites for hydroxylation is 2. The fourth-order valence-electron chi connectivity index (χ4n) is 1.97. The molecule has 0 saturated carbocycles. The van der Waals surface area contributed by atoms with E-state index in [1.54, 1.807) is 13.1 Å². The summed E-state index contributed by atoms with van der Waals surface area (Å²) in [4.78, 5) is 26.8. The number of imide groups is 1. The molecule has 0 radical (unpaired) electrons. The van der Waals surface area contributed by atoms with Crippen molar-refractivity contribution in [3.05, 3.63) is 41.7 Å². The zero-order chi connectivity index (χ0) is 16.3. The molecule has 0 fully saturated rings. The van der Waals surface area contributed by atoms with E-state index in [0.29, 0.717) is 5.16 Å². The van der Waals surface area contributed by atoms with Crippen molar-refractivity contribution in [3.8, 4) is 5.69 Å². The number of carbonyl (C=O) groups is 2. The number of hydrogen-bond acceptors (Lipinski definition) is 4. The number of thioether (sulfide) groups is 1. The minimum Gasteiger partial charge on any atom is -0.351 e. The first kappa shape index (κ1) is 16.1. The highest BCUT2D eigenvalue weighted by Crippen LogP contribution is 2.26. The van der Waals surface area contributed by atoms with Crippen LogP contribution in [0.25, 0.3) is 5.69 Å². The Kier molecular flexibility index (Phi) is 4.87. The Morgan fingerprint density at radius 3 is 2.77 bits per heavy atom. The Morgan fingerprint density at radius 1 is 1.36 bits per heavy atom. The number of amides is 3. The average molecular weight is 318 g/mol. The second-order valence-corrected chi connectivity index (χ2v) is 6.29. The zero-order valence-corrected chi connectivity index (χ0v) is 13.5. The van der Waals surface area contributed by atoms with Gasteiger partial charge in [-0.3, -0.25) is 14.7 Å². The highest BCUT2D eigenvalue weighted by atomic mass is 32.2. The van der Waals surface area contributed by atoms with Crippen LogP contribution < -0.4 is 11.1 Å². The normalized spacial score (nSPS) is 12.0. The highest BCUT2D eigenvalue weighted by Gasteiger charge is 2.19. The first-order valence-corrected chi connectivity index (χ1v) is 7.64. The van der Waals surface area contributed by atoms with Crippen LogP contribution in [-0.4, -0.2) is 26.7 Å². The number of nitrogens with one attached hydrogen (secondary N) is 1. The molecule has 1 unspecified atom stereocenters. The van der Waals surface area contributed by atoms with Crippen LogP contribution in [0.15, 0.2) is 35.7 Å². The molecule has 0 spiro atoms. The summed E-state index contributed by atoms with van der Waals surface area (Å²) in [5.41, 5.74) is 8.23. The van der Waals surface area contributed by atoms with E-state index in [2.05, 4.69) is 16.4 Å². The lowest BCUT2D eigenvalue weighted by Crippen LogP contribution is -2.39. The van der Waals surface area contributed by atoms with E-state index in [1.807, 2.05) is 36.7 Å². The van der Waals surface area contributed by atoms with Crippen LogP contribution in [-0.2, 0) is 4.79 Å². The van der Waals surface area contributed by atoms with Gasteiger partial charge in [0.25, 0.3) is 0 Å². The molecule has 22 heavy (non-hydrogen) atoms. The number of rotatable bonds is 4. The van der Waals surface area contributed by atoms with Gasteiger partial charge >= 0.3 is 6.03 Å². The number of aromatic nitrogens is 2. The van der Waals surface area contributed by atoms with E-state index in [9.17, 15) is 9.59 Å². The number of nitrogens with two attached hydrogens (primary N) is 1. The number of carbonyl (C=O) groups excluding carboxylic acids is 2. The van der Waals surface area contributed by atoms with Crippen molar-refractivity contribution in [1.29, 1.82) is 0 Å². The lowest BCUT2D eigenvalue weighted by molar-refractivity contribution is -0.119. The fourth-order valence-corrected chi connectivity index (χ4v) is 2.85. The molecule has 1 heterocycles. The number of urea groups is 1. The van der Waals surface area contributed by atoms with E-state index in [0.717, 1.165) is 16.8 Å². The Balaban J connectivity index is 2.25. The third kappa shape index (κ3) is 3.67. The van der Waals surface area contributed by atoms with Crippen LogP contribution in [0.3, 0.4) is 0 Å². The maximum Gasteiger partial charge on any atom is 0.318 e. The predicted octanol–water partition coefficient (Wildman–Crippen LogP) is 2.16. The largest absolute Gasteiger partial charge is 0.351 e. The molecule has 0 saturated heterocycles. The Bertz CT molecular complexity index is 711. The SMILES string of the molecule is Cc1ccc(C)c(-n2ccnc2SC(C)C(=O)NC(N)=O)c1. The lowest BCUT2D eigenvalue weighted by atomic mass is 10.1. The fraction of sp³-hybridized carbons (Fsp3) is 0.267. The van der Waals surface area contributed by atoms with Gasteiger partial charge in [-0.1, -0.05) is 23.9 Å². The first-order chi connectivity index (χ1) is 10.4. The van der Waals surface area contributed by atoms with Crippen molar-refractivity contribution < 1.29 is 9.59 Å². The van der Waals surface area contributed by atoms with Crippen molar-refractivity contribution in [1.82, 2.24) is 14.9 Å². The van der Waals surface area contributed by atoms with Crippen LogP contribution in [0.4, 0.5) is 4.79 Å². The van der Waals surface area contributed by atoms with Crippen molar-refractivity contribution in [2.24, 2.45) is 5.73 Å². The Labute approximate surface area is 133 Å². The summed E-state index contributed by atoms with van der Waals surface area (Å²) in [5.74, 6) is -0.437. The Morgan fingerprint density at radius 2 is 2.09 bits per heavy atom. The maximum atomic E-state index is 11.8. The van der Waals surface area contributed by atoms with E-state index in [4.69, 9.17) is 5.73 Å². The summed E-state index contributed by atoms with van der Waals surface area (Å²) in [6.45, 7) is 5.74. The molecule has 3 amide bonds. The molecule has 0 aliphatic rings. The molecule has 6 nitrogen and oxygen atoms in total. The standard InChI is InChI=1S/C15H18N4O2S/c1-9-4-5-10(2)12(8-9)19-7-6-17-15(19)22-11(3)13(20)18-14(16)21/h4-8,11H,1-3H3,(H3,16,18,20,21). The van der Waals surface area contributed by atoms with E-state index >= 15 is 0 Å². The maximum absolute atomic E-state index is 11.8. The average Bonchev–Trinajstić information content (AvgIpc) is 2.88. The molecular formula is C15H18N4O2S. The van der Waals surface area contributed by atoms with Crippen molar-refractivity contribution in [2.75, 3.05) is 0 Å². The van der Waals surface area contributed by atoms with Gasteiger partial charge in [0.05, 0.1) is 10.9 Å². The minimum atomic E-state index is -0.852. The topological polar surface area (TPSA) is 90.0 Å². The molecular weight excluding hydrogens is 300 g/mol. The smallest absolute Gasteiger partial charge is 0.318 e. The third-order valence-electron chi connectivity index (χ3n) is 3.13. The molecule has 0 aliphatic carbocycles. The number of nitrogens with zero attached hydrogens (tertiary/aromatic N) is 2. The van der Waals surface area contributed by atoms with Gasteiger partial charge in [-0.15, -0.1) is 0 Å². The molecule has 3 N–H and O–H groups in total. The molecule has 2 rings (SSSR count). The van der Waals surface area contributed by atoms with Crippen molar-refractivity contribution in [3.63, 3.8) is 0 Å². The second-order valence-electron chi connectivity index (χ2n) is 4.98. The van der Waals surface area contributed by atoms with Crippen LogP contribution in [0.5, 0.6) is 0 Å². The second kappa shape index (κ2) is 6.65. The van der Waals surface area contributed by atoms with Crippen LogP contribution in [0.1, 0.15) is 18.1 Å². The number of imidazole rings is 1. The van der Waals surface area contributed by atoms with Gasteiger partial charge in [-0.05, 0) is 38.0 Å². The first-order valence-electron chi connectivity index (χ1n) is 6.76. The number of primary amides is 1. The molecule has 116 valence electrons. The van der Waals surface area contributed by atoms with E-state index in [1.165, 1.54) is 11.8 Å². The summed E-state index contributed by atoms with van der Waals surface area (Å²) in [6.07, 6.45) is 3.53. The summed E-state index contributed by atoms with van der Waals surface area (Å²) < 4.78 is 1.93. The summed E-state index contributed by atoms with van der Waals surface area (Å²) in [6, 6.07) is 5.30. The van der Waals surface area contributed by atoms with Gasteiger partial charge in [0.1, 0.15) is 0 Å². The Hall–Kier alpha value is -2.28. The minimum absolute atomic E-state index is 0.437. The van der Waals surface area contributed by atoms with Crippen LogP contribution in [0, 0.1) is 13.8 Å². The number of hydrogen-bond donors (Lipinski definition) is 2. The highest BCUT2D eigenvalue weighted by molar-refractivity contribution is 8.00. The third-order valence-corrected chi connectivity index (χ3v) is 4.21. The lowest BCUT2D eigenvalue weighted by Gasteiger charge is -2.14. The summed E-state index contributed by atoms with van der Waals surface area (Å²) >= 11 is 1.27. The van der Waals surface area contributed by atoms with Gasteiger partial charge in [0.15, 0.2) is 5.16 Å². The van der Waals surface area contributed by atoms with E-state index < -0.39 is 17.2 Å². The molecule has 1 aromatic carbocycles. The molecule has 0 aliphatic heterocycles. The quantitative estimate of drug-likeness (QED) is 0.845. The molecule has 0 bridgehead atoms. The van der Waals surface area contributed by atoms with E-state index in [-0.39, 0.29) is 0 Å². The summed E-state index contributed by atoms with van der Waals surface area (Å²) in [5, 5.41) is 2.27.